The molecule has 0 N–H and O–H groups in total. The smallest absolute Gasteiger partial charge is 0.145 e. The molecular formula is C8H14N2S. The van der Waals surface area contributed by atoms with Crippen molar-refractivity contribution in [2.75, 3.05) is 0 Å². The van der Waals surface area contributed by atoms with E-state index in [0.29, 0.717) is 5.92 Å². The van der Waals surface area contributed by atoms with Gasteiger partial charge in [-0.25, -0.2) is 4.98 Å². The van der Waals surface area contributed by atoms with Crippen molar-refractivity contribution in [1.29, 1.82) is 0 Å². The van der Waals surface area contributed by atoms with Gasteiger partial charge in [0.25, 0.3) is 0 Å². The zero-order valence-corrected chi connectivity index (χ0v) is 8.11. The maximum atomic E-state index is 4.36. The van der Waals surface area contributed by atoms with Crippen LogP contribution >= 0.6 is 11.5 Å². The highest BCUT2D eigenvalue weighted by Crippen LogP contribution is 2.20. The first-order chi connectivity index (χ1) is 5.27. The zero-order valence-electron chi connectivity index (χ0n) is 7.29. The van der Waals surface area contributed by atoms with Crippen molar-refractivity contribution in [1.82, 2.24) is 9.36 Å². The Labute approximate surface area is 71.8 Å². The molecule has 2 nitrogen and oxygen atoms in total. The van der Waals surface area contributed by atoms with Crippen molar-refractivity contribution in [3.8, 4) is 0 Å². The normalized spacial score (nSPS) is 10.9. The van der Waals surface area contributed by atoms with E-state index in [1.165, 1.54) is 11.5 Å². The molecule has 0 unspecified atom stereocenters. The summed E-state index contributed by atoms with van der Waals surface area (Å²) in [7, 11) is 0. The Kier molecular flexibility index (Phi) is 3.00. The van der Waals surface area contributed by atoms with Gasteiger partial charge in [0.2, 0.25) is 0 Å². The Balaban J connectivity index is 2.73. The Hall–Kier alpha value is -0.440. The monoisotopic (exact) mass is 170 g/mol. The largest absolute Gasteiger partial charge is 0.225 e. The van der Waals surface area contributed by atoms with Crippen molar-refractivity contribution in [2.45, 2.75) is 39.5 Å². The molecule has 0 radical (unpaired) electrons. The van der Waals surface area contributed by atoms with Crippen LogP contribution in [0.3, 0.4) is 0 Å². The fourth-order valence-electron chi connectivity index (χ4n) is 1.13. The molecule has 1 aromatic rings. The van der Waals surface area contributed by atoms with E-state index in [2.05, 4.69) is 23.2 Å². The summed E-state index contributed by atoms with van der Waals surface area (Å²) in [6.45, 7) is 6.37. The molecule has 1 heterocycles. The van der Waals surface area contributed by atoms with Crippen molar-refractivity contribution in [3.63, 3.8) is 0 Å². The molecule has 1 rings (SSSR count). The minimum Gasteiger partial charge on any atom is -0.225 e. The molecule has 62 valence electrons. The number of hydrogen-bond acceptors (Lipinski definition) is 3. The van der Waals surface area contributed by atoms with Crippen LogP contribution < -0.4 is 0 Å². The van der Waals surface area contributed by atoms with E-state index in [1.807, 2.05) is 6.92 Å². The summed E-state index contributed by atoms with van der Waals surface area (Å²) in [5.41, 5.74) is 0. The second-order valence-electron chi connectivity index (χ2n) is 2.69. The molecule has 0 fully saturated rings. The summed E-state index contributed by atoms with van der Waals surface area (Å²) in [5, 5.41) is 1.08. The Morgan fingerprint density at radius 1 is 1.36 bits per heavy atom. The van der Waals surface area contributed by atoms with E-state index >= 15 is 0 Å². The molecule has 11 heavy (non-hydrogen) atoms. The molecule has 0 saturated heterocycles. The van der Waals surface area contributed by atoms with Gasteiger partial charge in [-0.05, 0) is 31.3 Å². The molecule has 0 amide bonds. The van der Waals surface area contributed by atoms with Crippen LogP contribution in [0.15, 0.2) is 0 Å². The topological polar surface area (TPSA) is 25.8 Å². The predicted molar refractivity (Wildman–Crippen MR) is 48.0 cm³/mol. The third-order valence-electron chi connectivity index (χ3n) is 1.89. The fraction of sp³-hybridized carbons (Fsp3) is 0.750. The van der Waals surface area contributed by atoms with Gasteiger partial charge in [0.05, 0.1) is 0 Å². The lowest BCUT2D eigenvalue weighted by atomic mass is 10.0. The summed E-state index contributed by atoms with van der Waals surface area (Å²) < 4.78 is 4.29. The van der Waals surface area contributed by atoms with E-state index in [0.717, 1.165) is 23.7 Å². The third kappa shape index (κ3) is 1.99. The zero-order chi connectivity index (χ0) is 8.27. The summed E-state index contributed by atoms with van der Waals surface area (Å²) in [6.07, 6.45) is 2.29. The average molecular weight is 170 g/mol. The first-order valence-corrected chi connectivity index (χ1v) is 4.85. The molecule has 1 aromatic heterocycles. The third-order valence-corrected chi connectivity index (χ3v) is 2.53. The number of aromatic nitrogens is 2. The van der Waals surface area contributed by atoms with Crippen LogP contribution in [0.4, 0.5) is 0 Å². The lowest BCUT2D eigenvalue weighted by Crippen LogP contribution is -1.97. The highest BCUT2D eigenvalue weighted by atomic mass is 32.1. The number of aryl methyl sites for hydroxylation is 1. The maximum absolute atomic E-state index is 4.36. The first-order valence-electron chi connectivity index (χ1n) is 4.08. The van der Waals surface area contributed by atoms with Gasteiger partial charge in [0.15, 0.2) is 0 Å². The van der Waals surface area contributed by atoms with Gasteiger partial charge in [-0.15, -0.1) is 0 Å². The molecular weight excluding hydrogens is 156 g/mol. The predicted octanol–water partition coefficient (Wildman–Crippen LogP) is 2.75. The van der Waals surface area contributed by atoms with Crippen LogP contribution in [-0.4, -0.2) is 9.36 Å². The standard InChI is InChI=1S/C8H14N2S/c1-4-7(5-2)8-9-6(3)11-10-8/h7H,4-5H2,1-3H3. The molecule has 0 saturated carbocycles. The van der Waals surface area contributed by atoms with Gasteiger partial charge >= 0.3 is 0 Å². The van der Waals surface area contributed by atoms with Crippen LogP contribution in [0.25, 0.3) is 0 Å². The SMILES string of the molecule is CCC(CC)c1nsc(C)n1. The summed E-state index contributed by atoms with van der Waals surface area (Å²) in [6, 6.07) is 0. The van der Waals surface area contributed by atoms with E-state index in [4.69, 9.17) is 0 Å². The van der Waals surface area contributed by atoms with Gasteiger partial charge in [-0.3, -0.25) is 0 Å². The number of nitrogens with zero attached hydrogens (tertiary/aromatic N) is 2. The van der Waals surface area contributed by atoms with E-state index in [-0.39, 0.29) is 0 Å². The average Bonchev–Trinajstić information content (AvgIpc) is 2.39. The highest BCUT2D eigenvalue weighted by Gasteiger charge is 2.10. The van der Waals surface area contributed by atoms with E-state index in [9.17, 15) is 0 Å². The lowest BCUT2D eigenvalue weighted by Gasteiger charge is -2.05. The Bertz CT molecular complexity index is 216. The summed E-state index contributed by atoms with van der Waals surface area (Å²) in [5.74, 6) is 1.61. The van der Waals surface area contributed by atoms with Crippen molar-refractivity contribution < 1.29 is 0 Å². The quantitative estimate of drug-likeness (QED) is 0.697. The van der Waals surface area contributed by atoms with E-state index < -0.39 is 0 Å². The maximum Gasteiger partial charge on any atom is 0.145 e. The van der Waals surface area contributed by atoms with Gasteiger partial charge in [0, 0.05) is 5.92 Å². The number of rotatable bonds is 3. The van der Waals surface area contributed by atoms with Crippen LogP contribution in [0.5, 0.6) is 0 Å². The van der Waals surface area contributed by atoms with Crippen LogP contribution in [0, 0.1) is 6.92 Å². The molecule has 0 aromatic carbocycles. The lowest BCUT2D eigenvalue weighted by molar-refractivity contribution is 0.610. The van der Waals surface area contributed by atoms with Crippen LogP contribution in [0.2, 0.25) is 0 Å². The van der Waals surface area contributed by atoms with Gasteiger partial charge < -0.3 is 0 Å². The second kappa shape index (κ2) is 3.81. The van der Waals surface area contributed by atoms with Crippen molar-refractivity contribution in [3.05, 3.63) is 10.8 Å². The molecule has 0 aliphatic heterocycles. The van der Waals surface area contributed by atoms with Crippen LogP contribution in [-0.2, 0) is 0 Å². The van der Waals surface area contributed by atoms with Crippen LogP contribution in [0.1, 0.15) is 43.4 Å². The van der Waals surface area contributed by atoms with E-state index in [1.54, 1.807) is 0 Å². The summed E-state index contributed by atoms with van der Waals surface area (Å²) in [4.78, 5) is 4.36. The molecule has 3 heteroatoms. The van der Waals surface area contributed by atoms with Gasteiger partial charge in [-0.1, -0.05) is 13.8 Å². The Morgan fingerprint density at radius 2 is 2.00 bits per heavy atom. The first kappa shape index (κ1) is 8.65. The Morgan fingerprint density at radius 3 is 2.36 bits per heavy atom. The highest BCUT2D eigenvalue weighted by molar-refractivity contribution is 7.05. The number of hydrogen-bond donors (Lipinski definition) is 0. The minimum absolute atomic E-state index is 0.569. The minimum atomic E-state index is 0.569. The molecule has 0 atom stereocenters. The van der Waals surface area contributed by atoms with Gasteiger partial charge in [0.1, 0.15) is 10.8 Å². The van der Waals surface area contributed by atoms with Gasteiger partial charge in [-0.2, -0.15) is 4.37 Å². The fourth-order valence-corrected chi connectivity index (χ4v) is 1.68. The molecule has 0 bridgehead atoms. The molecule has 0 spiro atoms. The second-order valence-corrected chi connectivity index (χ2v) is 3.64. The van der Waals surface area contributed by atoms with Crippen molar-refractivity contribution in [2.24, 2.45) is 0 Å². The molecule has 0 aliphatic carbocycles. The summed E-state index contributed by atoms with van der Waals surface area (Å²) >= 11 is 1.50. The van der Waals surface area contributed by atoms with Crippen molar-refractivity contribution >= 4 is 11.5 Å². The molecule has 0 aliphatic rings.